The molecular weight excluding hydrogens is 799 g/mol. The highest BCUT2D eigenvalue weighted by molar-refractivity contribution is 5.76. The van der Waals surface area contributed by atoms with Gasteiger partial charge in [0.2, 0.25) is 5.91 Å². The first-order valence-electron chi connectivity index (χ1n) is 26.1. The predicted octanol–water partition coefficient (Wildman–Crippen LogP) is 10.6. The number of rotatable bonds is 44. The lowest BCUT2D eigenvalue weighted by molar-refractivity contribution is -0.302. The van der Waals surface area contributed by atoms with Crippen molar-refractivity contribution < 1.29 is 49.3 Å². The molecule has 0 spiro atoms. The monoisotopic (exact) mass is 896 g/mol. The number of ether oxygens (including phenoxy) is 3. The van der Waals surface area contributed by atoms with Crippen molar-refractivity contribution >= 4 is 11.9 Å². The fourth-order valence-electron chi connectivity index (χ4n) is 8.07. The Balaban J connectivity index is 2.12. The van der Waals surface area contributed by atoms with Crippen molar-refractivity contribution in [3.63, 3.8) is 0 Å². The maximum absolute atomic E-state index is 13.0. The quantitative estimate of drug-likeness (QED) is 0.0196. The van der Waals surface area contributed by atoms with Gasteiger partial charge in [0, 0.05) is 12.8 Å². The summed E-state index contributed by atoms with van der Waals surface area (Å²) in [5.74, 6) is -0.235. The lowest BCUT2D eigenvalue weighted by Gasteiger charge is -2.40. The van der Waals surface area contributed by atoms with Gasteiger partial charge in [-0.3, -0.25) is 9.59 Å². The van der Waals surface area contributed by atoms with Gasteiger partial charge in [-0.25, -0.2) is 0 Å². The SMILES string of the molecule is CCCCCC/C=C\CCCCCCCC(=O)OCCCCCCCCCCCCCCCC(=O)NC(COC1OC(CO)C(O)C(O)C1O)C(O)/C=C/CCCCCCCCC. The molecule has 1 saturated heterocycles. The third-order valence-corrected chi connectivity index (χ3v) is 12.3. The number of allylic oxidation sites excluding steroid dienone is 3. The fraction of sp³-hybridized carbons (Fsp3) is 0.885. The number of aliphatic hydroxyl groups excluding tert-OH is 5. The van der Waals surface area contributed by atoms with Crippen LogP contribution in [0.25, 0.3) is 0 Å². The Labute approximate surface area is 384 Å². The number of nitrogens with one attached hydrogen (secondary N) is 1. The van der Waals surface area contributed by atoms with Crippen LogP contribution >= 0.6 is 0 Å². The Morgan fingerprint density at radius 2 is 1.02 bits per heavy atom. The molecule has 0 aromatic rings. The molecule has 11 heteroatoms. The van der Waals surface area contributed by atoms with Crippen molar-refractivity contribution in [2.45, 2.75) is 275 Å². The van der Waals surface area contributed by atoms with Gasteiger partial charge in [0.15, 0.2) is 6.29 Å². The molecule has 11 nitrogen and oxygen atoms in total. The largest absolute Gasteiger partial charge is 0.466 e. The van der Waals surface area contributed by atoms with Gasteiger partial charge in [0.1, 0.15) is 24.4 Å². The van der Waals surface area contributed by atoms with Gasteiger partial charge in [-0.1, -0.05) is 186 Å². The second kappa shape index (κ2) is 42.8. The number of esters is 1. The summed E-state index contributed by atoms with van der Waals surface area (Å²) in [5, 5.41) is 54.1. The van der Waals surface area contributed by atoms with Gasteiger partial charge in [0.25, 0.3) is 0 Å². The topological polar surface area (TPSA) is 175 Å². The minimum atomic E-state index is -1.57. The summed E-state index contributed by atoms with van der Waals surface area (Å²) < 4.78 is 16.6. The normalized spacial score (nSPS) is 20.1. The Morgan fingerprint density at radius 3 is 1.54 bits per heavy atom. The molecule has 1 amide bonds. The highest BCUT2D eigenvalue weighted by Crippen LogP contribution is 2.23. The molecule has 63 heavy (non-hydrogen) atoms. The van der Waals surface area contributed by atoms with Gasteiger partial charge in [0.05, 0.1) is 32.0 Å². The minimum absolute atomic E-state index is 0.0375. The number of carbonyl (C=O) groups is 2. The van der Waals surface area contributed by atoms with Gasteiger partial charge in [-0.2, -0.15) is 0 Å². The van der Waals surface area contributed by atoms with E-state index < -0.39 is 49.5 Å². The number of hydrogen-bond acceptors (Lipinski definition) is 10. The first-order valence-corrected chi connectivity index (χ1v) is 26.1. The zero-order chi connectivity index (χ0) is 46.0. The van der Waals surface area contributed by atoms with Crippen molar-refractivity contribution in [3.05, 3.63) is 24.3 Å². The van der Waals surface area contributed by atoms with Crippen LogP contribution in [0.3, 0.4) is 0 Å². The highest BCUT2D eigenvalue weighted by atomic mass is 16.7. The Hall–Kier alpha value is -1.86. The van der Waals surface area contributed by atoms with Gasteiger partial charge < -0.3 is 45.1 Å². The molecule has 0 saturated carbocycles. The van der Waals surface area contributed by atoms with E-state index in [-0.39, 0.29) is 18.5 Å². The molecule has 0 aromatic carbocycles. The molecule has 6 N–H and O–H groups in total. The average Bonchev–Trinajstić information content (AvgIpc) is 3.28. The van der Waals surface area contributed by atoms with Crippen molar-refractivity contribution in [2.24, 2.45) is 0 Å². The molecular formula is C52H97NO10. The smallest absolute Gasteiger partial charge is 0.305 e. The number of unbranched alkanes of at least 4 members (excludes halogenated alkanes) is 28. The summed E-state index contributed by atoms with van der Waals surface area (Å²) in [6.07, 6.45) is 38.3. The maximum Gasteiger partial charge on any atom is 0.305 e. The van der Waals surface area contributed by atoms with Crippen LogP contribution in [0.2, 0.25) is 0 Å². The summed E-state index contributed by atoms with van der Waals surface area (Å²) in [5.41, 5.74) is 0. The summed E-state index contributed by atoms with van der Waals surface area (Å²) >= 11 is 0. The van der Waals surface area contributed by atoms with E-state index in [0.29, 0.717) is 19.4 Å². The van der Waals surface area contributed by atoms with Crippen LogP contribution in [0.5, 0.6) is 0 Å². The second-order valence-electron chi connectivity index (χ2n) is 18.2. The number of hydrogen-bond donors (Lipinski definition) is 6. The first-order chi connectivity index (χ1) is 30.7. The van der Waals surface area contributed by atoms with E-state index in [4.69, 9.17) is 14.2 Å². The number of amides is 1. The first kappa shape index (κ1) is 59.2. The van der Waals surface area contributed by atoms with E-state index in [2.05, 4.69) is 31.3 Å². The molecule has 0 radical (unpaired) electrons. The molecule has 1 fully saturated rings. The van der Waals surface area contributed by atoms with Crippen LogP contribution in [-0.2, 0) is 23.8 Å². The van der Waals surface area contributed by atoms with E-state index in [9.17, 15) is 35.1 Å². The molecule has 1 aliphatic heterocycles. The van der Waals surface area contributed by atoms with Crippen molar-refractivity contribution in [3.8, 4) is 0 Å². The zero-order valence-corrected chi connectivity index (χ0v) is 40.3. The summed E-state index contributed by atoms with van der Waals surface area (Å²) in [7, 11) is 0. The molecule has 0 bridgehead atoms. The van der Waals surface area contributed by atoms with Gasteiger partial charge >= 0.3 is 5.97 Å². The summed E-state index contributed by atoms with van der Waals surface area (Å²) in [4.78, 5) is 25.0. The van der Waals surface area contributed by atoms with Crippen LogP contribution in [0, 0.1) is 0 Å². The summed E-state index contributed by atoms with van der Waals surface area (Å²) in [6.45, 7) is 4.24. The molecule has 1 heterocycles. The standard InChI is InChI=1S/C52H97NO10/c1-3-5-7-9-11-13-14-16-20-24-28-32-36-40-48(57)61-41-37-33-29-25-21-18-15-17-19-23-27-31-35-39-47(56)53-44(45(55)38-34-30-26-22-12-10-8-6-4-2)43-62-52-51(60)50(59)49(58)46(42-54)63-52/h13-14,34,38,44-46,49-52,54-55,58-60H,3-12,15-33,35-37,39-43H2,1-2H3,(H,53,56)/b14-13-,38-34+. The van der Waals surface area contributed by atoms with E-state index >= 15 is 0 Å². The van der Waals surface area contributed by atoms with Crippen molar-refractivity contribution in [2.75, 3.05) is 19.8 Å². The van der Waals surface area contributed by atoms with E-state index in [0.717, 1.165) is 70.6 Å². The predicted molar refractivity (Wildman–Crippen MR) is 255 cm³/mol. The van der Waals surface area contributed by atoms with Crippen LogP contribution in [0.4, 0.5) is 0 Å². The van der Waals surface area contributed by atoms with Crippen LogP contribution in [0.15, 0.2) is 24.3 Å². The Kier molecular flexibility index (Phi) is 40.1. The van der Waals surface area contributed by atoms with Crippen LogP contribution in [-0.4, -0.2) is 100 Å². The number of carbonyl (C=O) groups excluding carboxylic acids is 2. The van der Waals surface area contributed by atoms with E-state index in [1.165, 1.54) is 135 Å². The van der Waals surface area contributed by atoms with Crippen molar-refractivity contribution in [1.82, 2.24) is 5.32 Å². The molecule has 7 atom stereocenters. The van der Waals surface area contributed by atoms with E-state index in [1.54, 1.807) is 6.08 Å². The second-order valence-corrected chi connectivity index (χ2v) is 18.2. The summed E-state index contributed by atoms with van der Waals surface area (Å²) in [6, 6.07) is -0.818. The van der Waals surface area contributed by atoms with Gasteiger partial charge in [-0.05, 0) is 57.8 Å². The van der Waals surface area contributed by atoms with E-state index in [1.807, 2.05) is 6.08 Å². The molecule has 1 rings (SSSR count). The molecule has 1 aliphatic rings. The Bertz CT molecular complexity index is 1100. The molecule has 7 unspecified atom stereocenters. The number of aliphatic hydroxyl groups is 5. The lowest BCUT2D eigenvalue weighted by atomic mass is 9.99. The zero-order valence-electron chi connectivity index (χ0n) is 40.3. The van der Waals surface area contributed by atoms with Gasteiger partial charge in [-0.15, -0.1) is 0 Å². The highest BCUT2D eigenvalue weighted by Gasteiger charge is 2.44. The lowest BCUT2D eigenvalue weighted by Crippen LogP contribution is -2.60. The Morgan fingerprint density at radius 1 is 0.571 bits per heavy atom. The minimum Gasteiger partial charge on any atom is -0.466 e. The fourth-order valence-corrected chi connectivity index (χ4v) is 8.07. The molecule has 370 valence electrons. The third-order valence-electron chi connectivity index (χ3n) is 12.3. The third kappa shape index (κ3) is 33.3. The molecule has 0 aromatic heterocycles. The maximum atomic E-state index is 13.0. The molecule has 0 aliphatic carbocycles. The van der Waals surface area contributed by atoms with Crippen LogP contribution in [0.1, 0.15) is 232 Å². The van der Waals surface area contributed by atoms with Crippen molar-refractivity contribution in [1.29, 1.82) is 0 Å². The average molecular weight is 896 g/mol. The van der Waals surface area contributed by atoms with Crippen LogP contribution < -0.4 is 5.32 Å².